The maximum atomic E-state index is 13.2. The fourth-order valence-electron chi connectivity index (χ4n) is 3.63. The number of rotatable bonds is 3. The van der Waals surface area contributed by atoms with Crippen molar-refractivity contribution in [2.75, 3.05) is 6.61 Å². The number of H-pyrrole nitrogens is 1. The van der Waals surface area contributed by atoms with Crippen LogP contribution in [0.4, 0.5) is 0 Å². The van der Waals surface area contributed by atoms with Crippen molar-refractivity contribution in [3.05, 3.63) is 50.6 Å². The lowest BCUT2D eigenvalue weighted by Crippen LogP contribution is -2.15. The highest BCUT2D eigenvalue weighted by Crippen LogP contribution is 2.35. The molecule has 1 aliphatic rings. The van der Waals surface area contributed by atoms with E-state index in [0.717, 1.165) is 40.6 Å². The summed E-state index contributed by atoms with van der Waals surface area (Å²) in [6.45, 7) is 2.09. The minimum atomic E-state index is -0.370. The molecule has 8 heteroatoms. The summed E-state index contributed by atoms with van der Waals surface area (Å²) in [6.07, 6.45) is 3.04. The van der Waals surface area contributed by atoms with Crippen LogP contribution in [0.3, 0.4) is 0 Å². The number of nitrogens with zero attached hydrogens (tertiary/aromatic N) is 3. The number of ether oxygens (including phenoxy) is 1. The van der Waals surface area contributed by atoms with Crippen LogP contribution < -0.4 is 5.56 Å². The molecule has 136 valence electrons. The molecule has 3 aromatic heterocycles. The summed E-state index contributed by atoms with van der Waals surface area (Å²) in [5.41, 5.74) is 2.24. The number of benzene rings is 1. The number of fused-ring (bicyclic) bond motifs is 4. The van der Waals surface area contributed by atoms with E-state index in [9.17, 15) is 9.59 Å². The van der Waals surface area contributed by atoms with Gasteiger partial charge in [0.15, 0.2) is 5.82 Å². The predicted octanol–water partition coefficient (Wildman–Crippen LogP) is 2.96. The Balaban J connectivity index is 1.67. The fraction of sp³-hybridized carbons (Fsp3) is 0.263. The van der Waals surface area contributed by atoms with Gasteiger partial charge in [-0.3, -0.25) is 4.79 Å². The number of esters is 1. The molecule has 0 saturated carbocycles. The van der Waals surface area contributed by atoms with Gasteiger partial charge in [-0.15, -0.1) is 11.3 Å². The second-order valence-corrected chi connectivity index (χ2v) is 7.54. The van der Waals surface area contributed by atoms with E-state index in [-0.39, 0.29) is 11.5 Å². The number of aromatic amines is 1. The number of hydrogen-bond donors (Lipinski definition) is 1. The monoisotopic (exact) mass is 380 g/mol. The smallest absolute Gasteiger partial charge is 0.338 e. The average Bonchev–Trinajstić information content (AvgIpc) is 3.36. The second-order valence-electron chi connectivity index (χ2n) is 6.46. The van der Waals surface area contributed by atoms with E-state index in [0.29, 0.717) is 23.8 Å². The topological polar surface area (TPSA) is 89.3 Å². The van der Waals surface area contributed by atoms with Crippen LogP contribution in [0.15, 0.2) is 29.1 Å². The van der Waals surface area contributed by atoms with E-state index in [1.807, 2.05) is 0 Å². The summed E-state index contributed by atoms with van der Waals surface area (Å²) in [4.78, 5) is 31.7. The summed E-state index contributed by atoms with van der Waals surface area (Å²) in [6, 6.07) is 6.87. The highest BCUT2D eigenvalue weighted by atomic mass is 32.1. The van der Waals surface area contributed by atoms with Gasteiger partial charge < -0.3 is 4.74 Å². The number of carbonyl (C=O) groups is 1. The first-order valence-electron chi connectivity index (χ1n) is 8.86. The molecule has 1 aromatic carbocycles. The molecule has 0 spiro atoms. The lowest BCUT2D eigenvalue weighted by atomic mass is 10.1. The predicted molar refractivity (Wildman–Crippen MR) is 102 cm³/mol. The van der Waals surface area contributed by atoms with Gasteiger partial charge in [0.25, 0.3) is 5.56 Å². The Morgan fingerprint density at radius 2 is 2.11 bits per heavy atom. The molecule has 27 heavy (non-hydrogen) atoms. The Labute approximate surface area is 157 Å². The van der Waals surface area contributed by atoms with Gasteiger partial charge in [0.2, 0.25) is 5.78 Å². The van der Waals surface area contributed by atoms with Gasteiger partial charge in [-0.1, -0.05) is 12.1 Å². The van der Waals surface area contributed by atoms with Crippen LogP contribution in [0.25, 0.3) is 27.4 Å². The number of aromatic nitrogens is 4. The number of carbonyl (C=O) groups excluding carboxylic acids is 1. The van der Waals surface area contributed by atoms with Crippen LogP contribution in [0.5, 0.6) is 0 Å². The zero-order valence-electron chi connectivity index (χ0n) is 14.6. The van der Waals surface area contributed by atoms with E-state index in [1.54, 1.807) is 42.5 Å². The van der Waals surface area contributed by atoms with Crippen molar-refractivity contribution >= 4 is 33.3 Å². The quantitative estimate of drug-likeness (QED) is 0.552. The van der Waals surface area contributed by atoms with E-state index in [2.05, 4.69) is 15.2 Å². The zero-order valence-corrected chi connectivity index (χ0v) is 15.4. The van der Waals surface area contributed by atoms with Gasteiger partial charge in [0.05, 0.1) is 17.6 Å². The van der Waals surface area contributed by atoms with Crippen LogP contribution in [0.1, 0.15) is 34.1 Å². The van der Waals surface area contributed by atoms with Gasteiger partial charge in [-0.2, -0.15) is 5.10 Å². The van der Waals surface area contributed by atoms with Crippen molar-refractivity contribution in [3.63, 3.8) is 0 Å². The van der Waals surface area contributed by atoms with Crippen LogP contribution in [-0.4, -0.2) is 32.2 Å². The van der Waals surface area contributed by atoms with Gasteiger partial charge in [-0.05, 0) is 43.9 Å². The summed E-state index contributed by atoms with van der Waals surface area (Å²) < 4.78 is 6.53. The Morgan fingerprint density at radius 1 is 1.30 bits per heavy atom. The van der Waals surface area contributed by atoms with Crippen molar-refractivity contribution in [1.82, 2.24) is 19.6 Å². The minimum absolute atomic E-state index is 0.0902. The molecule has 0 aliphatic heterocycles. The van der Waals surface area contributed by atoms with Crippen molar-refractivity contribution < 1.29 is 9.53 Å². The van der Waals surface area contributed by atoms with Crippen LogP contribution in [0, 0.1) is 0 Å². The minimum Gasteiger partial charge on any atom is -0.462 e. The molecule has 5 rings (SSSR count). The van der Waals surface area contributed by atoms with Gasteiger partial charge in [-0.25, -0.2) is 19.3 Å². The third kappa shape index (κ3) is 2.40. The molecule has 0 amide bonds. The van der Waals surface area contributed by atoms with Gasteiger partial charge >= 0.3 is 5.97 Å². The Kier molecular flexibility index (Phi) is 3.61. The van der Waals surface area contributed by atoms with Crippen molar-refractivity contribution in [2.24, 2.45) is 0 Å². The lowest BCUT2D eigenvalue weighted by Gasteiger charge is -2.03. The van der Waals surface area contributed by atoms with Gasteiger partial charge in [0.1, 0.15) is 4.83 Å². The van der Waals surface area contributed by atoms with E-state index >= 15 is 0 Å². The third-order valence-electron chi connectivity index (χ3n) is 4.87. The van der Waals surface area contributed by atoms with Crippen LogP contribution in [-0.2, 0) is 17.6 Å². The largest absolute Gasteiger partial charge is 0.462 e. The molecule has 0 unspecified atom stereocenters. The second kappa shape index (κ2) is 6.02. The average molecular weight is 380 g/mol. The van der Waals surface area contributed by atoms with Gasteiger partial charge in [0, 0.05) is 10.4 Å². The van der Waals surface area contributed by atoms with Crippen molar-refractivity contribution in [3.8, 4) is 11.4 Å². The SMILES string of the molecule is CCOC(=O)c1ccc(-c2n[nH]c3nc4sc5c(c4c(=O)n23)CCC5)cc1. The number of thiophene rings is 1. The first kappa shape index (κ1) is 16.2. The van der Waals surface area contributed by atoms with Crippen LogP contribution >= 0.6 is 11.3 Å². The molecule has 3 heterocycles. The molecule has 0 saturated heterocycles. The molecular formula is C19H16N4O3S. The maximum Gasteiger partial charge on any atom is 0.338 e. The lowest BCUT2D eigenvalue weighted by molar-refractivity contribution is 0.0526. The molecule has 7 nitrogen and oxygen atoms in total. The Morgan fingerprint density at radius 3 is 2.89 bits per heavy atom. The van der Waals surface area contributed by atoms with E-state index < -0.39 is 0 Å². The normalized spacial score (nSPS) is 13.4. The molecule has 0 radical (unpaired) electrons. The van der Waals surface area contributed by atoms with Crippen molar-refractivity contribution in [1.29, 1.82) is 0 Å². The molecule has 0 atom stereocenters. The zero-order chi connectivity index (χ0) is 18.5. The molecule has 1 N–H and O–H groups in total. The van der Waals surface area contributed by atoms with Crippen LogP contribution in [0.2, 0.25) is 0 Å². The molecule has 0 bridgehead atoms. The molecule has 1 aliphatic carbocycles. The first-order chi connectivity index (χ1) is 13.2. The fourth-order valence-corrected chi connectivity index (χ4v) is 4.88. The standard InChI is InChI=1S/C19H16N4O3S/c1-2-26-18(25)11-8-6-10(7-9-11)15-21-22-19-20-16-14(17(24)23(15)19)12-4-3-5-13(12)27-16/h6-9H,2-5H2,1H3,(H,20,22). The Bertz CT molecular complexity index is 1250. The highest BCUT2D eigenvalue weighted by molar-refractivity contribution is 7.18. The highest BCUT2D eigenvalue weighted by Gasteiger charge is 2.23. The van der Waals surface area contributed by atoms with E-state index in [1.165, 1.54) is 9.28 Å². The summed E-state index contributed by atoms with van der Waals surface area (Å²) in [7, 11) is 0. The summed E-state index contributed by atoms with van der Waals surface area (Å²) in [5, 5.41) is 7.87. The third-order valence-corrected chi connectivity index (χ3v) is 6.05. The summed E-state index contributed by atoms with van der Waals surface area (Å²) in [5.74, 6) is 0.542. The summed E-state index contributed by atoms with van der Waals surface area (Å²) >= 11 is 1.61. The molecule has 4 aromatic rings. The number of hydrogen-bond acceptors (Lipinski definition) is 6. The van der Waals surface area contributed by atoms with Crippen molar-refractivity contribution in [2.45, 2.75) is 26.2 Å². The number of aryl methyl sites for hydroxylation is 2. The molecular weight excluding hydrogens is 364 g/mol. The maximum absolute atomic E-state index is 13.2. The number of nitrogens with one attached hydrogen (secondary N) is 1. The first-order valence-corrected chi connectivity index (χ1v) is 9.68. The molecule has 0 fully saturated rings. The van der Waals surface area contributed by atoms with E-state index in [4.69, 9.17) is 4.74 Å². The Hall–Kier alpha value is -3.00.